The number of rotatable bonds is 0. The van der Waals surface area contributed by atoms with Gasteiger partial charge in [0, 0.05) is 0 Å². The molecule has 0 bridgehead atoms. The fourth-order valence-corrected chi connectivity index (χ4v) is 2.20. The van der Waals surface area contributed by atoms with Crippen molar-refractivity contribution in [2.75, 3.05) is 0 Å². The summed E-state index contributed by atoms with van der Waals surface area (Å²) in [5.74, 6) is 0. The van der Waals surface area contributed by atoms with Crippen LogP contribution in [0.15, 0.2) is 67.5 Å². The third kappa shape index (κ3) is 133. The van der Waals surface area contributed by atoms with E-state index < -0.39 is 0 Å². The molecule has 42 heavy (non-hydrogen) atoms. The Hall–Kier alpha value is 2.35. The maximum absolute atomic E-state index is 6.58. The Morgan fingerprint density at radius 1 is 0.405 bits per heavy atom. The number of nitrogens with one attached hydrogen (secondary N) is 4. The van der Waals surface area contributed by atoms with E-state index in [1.54, 1.807) is 0 Å². The zero-order valence-electron chi connectivity index (χ0n) is 25.5. The van der Waals surface area contributed by atoms with E-state index in [1.165, 1.54) is 12.9 Å². The molecule has 0 radical (unpaired) electrons. The van der Waals surface area contributed by atoms with Crippen LogP contribution in [0.3, 0.4) is 0 Å². The van der Waals surface area contributed by atoms with Crippen molar-refractivity contribution in [3.8, 4) is 0 Å². The molecule has 3 rings (SSSR count). The molecule has 0 saturated carbocycles. The zero-order chi connectivity index (χ0) is 27.5. The van der Waals surface area contributed by atoms with Gasteiger partial charge in [-0.2, -0.15) is 0 Å². The monoisotopic (exact) mass is 860 g/mol. The van der Waals surface area contributed by atoms with Gasteiger partial charge in [0.25, 0.3) is 0 Å². The van der Waals surface area contributed by atoms with Crippen molar-refractivity contribution < 1.29 is 152 Å². The Balaban J connectivity index is -0.0000000245. The van der Waals surface area contributed by atoms with Gasteiger partial charge in [0.1, 0.15) is 0 Å². The van der Waals surface area contributed by atoms with Gasteiger partial charge in [0.05, 0.1) is 0 Å². The maximum atomic E-state index is 6.58. The predicted molar refractivity (Wildman–Crippen MR) is 143 cm³/mol. The molecule has 3 aliphatic rings. The van der Waals surface area contributed by atoms with Crippen LogP contribution in [0.5, 0.6) is 0 Å². The van der Waals surface area contributed by atoms with Gasteiger partial charge in [-0.1, -0.05) is 55.4 Å². The summed E-state index contributed by atoms with van der Waals surface area (Å²) in [4.78, 5) is 0. The molecule has 246 valence electrons. The number of hydrogen-bond acceptors (Lipinski definition) is 0. The van der Waals surface area contributed by atoms with Gasteiger partial charge in [-0.05, 0) is 0 Å². The van der Waals surface area contributed by atoms with E-state index in [0.717, 1.165) is 19.3 Å². The summed E-state index contributed by atoms with van der Waals surface area (Å²) < 4.78 is 4.22. The van der Waals surface area contributed by atoms with Gasteiger partial charge in [-0.25, -0.2) is 0 Å². The Morgan fingerprint density at radius 2 is 0.524 bits per heavy atom. The van der Waals surface area contributed by atoms with Crippen LogP contribution in [0.25, 0.3) is 22.9 Å². The summed E-state index contributed by atoms with van der Waals surface area (Å²) in [5, 5.41) is 0. The van der Waals surface area contributed by atoms with Crippen LogP contribution in [0.1, 0.15) is 74.7 Å². The molecule has 3 aliphatic carbocycles. The van der Waals surface area contributed by atoms with Gasteiger partial charge >= 0.3 is 139 Å². The molecule has 0 atom stereocenters. The van der Waals surface area contributed by atoms with Crippen LogP contribution in [-0.4, -0.2) is 24.2 Å². The normalized spacial score (nSPS) is 11.4. The molecule has 0 unspecified atom stereocenters. The van der Waals surface area contributed by atoms with Crippen LogP contribution < -0.4 is 99.3 Å². The molecule has 0 saturated heterocycles. The Morgan fingerprint density at radius 3 is 0.548 bits per heavy atom. The third-order valence-electron chi connectivity index (χ3n) is 2.26. The van der Waals surface area contributed by atoms with Crippen molar-refractivity contribution in [3.63, 3.8) is 0 Å². The SMILES string of the molecule is CC(C)[NH-].CC(C)[NH-].CC(C)[NH-].CC(C)[NH-].[Cl-].[Cl-].[Cl-].[Cl-].[Cl-].[Cl-].[Cl-].[Cl-].[V+4][C]1=CC=CC1.[V+4][C]1=CC=CC1.[V+4][C]1=CC=CC1. The molecule has 4 N–H and O–H groups in total. The first-order valence-electron chi connectivity index (χ1n) is 11.6. The molecule has 0 aliphatic heterocycles. The fraction of sp³-hybridized carbons (Fsp3) is 0.556. The van der Waals surface area contributed by atoms with Crippen LogP contribution in [0, 0.1) is 0 Å². The molecule has 0 spiro atoms. The second kappa shape index (κ2) is 62.2. The zero-order valence-corrected chi connectivity index (χ0v) is 35.7. The van der Waals surface area contributed by atoms with Crippen molar-refractivity contribution in [3.05, 3.63) is 90.5 Å². The van der Waals surface area contributed by atoms with Gasteiger partial charge < -0.3 is 122 Å². The van der Waals surface area contributed by atoms with Gasteiger partial charge in [-0.3, -0.25) is 0 Å². The molecule has 4 nitrogen and oxygen atoms in total. The second-order valence-corrected chi connectivity index (χ2v) is 11.2. The van der Waals surface area contributed by atoms with E-state index in [-0.39, 0.29) is 123 Å². The summed E-state index contributed by atoms with van der Waals surface area (Å²) in [6.45, 7) is 14.7. The first-order chi connectivity index (χ1) is 15.6. The van der Waals surface area contributed by atoms with E-state index >= 15 is 0 Å². The summed E-state index contributed by atoms with van der Waals surface area (Å²) in [6.07, 6.45) is 22.4. The quantitative estimate of drug-likeness (QED) is 0.232. The second-order valence-electron chi connectivity index (χ2n) is 8.49. The van der Waals surface area contributed by atoms with Crippen molar-refractivity contribution in [2.45, 2.75) is 98.8 Å². The molecule has 0 fully saturated rings. The Labute approximate surface area is 337 Å². The first kappa shape index (κ1) is 79.6. The number of allylic oxidation sites excluding steroid dienone is 12. The van der Waals surface area contributed by atoms with Gasteiger partial charge in [0.2, 0.25) is 0 Å². The van der Waals surface area contributed by atoms with Crippen LogP contribution in [0.2, 0.25) is 0 Å². The van der Waals surface area contributed by atoms with Crippen LogP contribution >= 0.6 is 0 Å². The average molecular weight is 864 g/mol. The molecule has 0 aromatic heterocycles. The van der Waals surface area contributed by atoms with Crippen molar-refractivity contribution >= 4 is 0 Å². The summed E-state index contributed by atoms with van der Waals surface area (Å²) in [6, 6.07) is 0.333. The first-order valence-corrected chi connectivity index (χ1v) is 13.7. The number of halogens is 8. The molecular weight excluding hydrogens is 817 g/mol. The van der Waals surface area contributed by atoms with Gasteiger partial charge in [0.15, 0.2) is 0 Å². The van der Waals surface area contributed by atoms with Gasteiger partial charge in [-0.15, -0.1) is 24.2 Å². The molecular formula is C27H47Cl8N4V3. The Bertz CT molecular complexity index is 543. The van der Waals surface area contributed by atoms with E-state index in [9.17, 15) is 0 Å². The topological polar surface area (TPSA) is 95.2 Å². The van der Waals surface area contributed by atoms with Crippen molar-refractivity contribution in [1.29, 1.82) is 0 Å². The van der Waals surface area contributed by atoms with Crippen molar-refractivity contribution in [1.82, 2.24) is 0 Å². The Kier molecular flexibility index (Phi) is 118. The predicted octanol–water partition coefficient (Wildman–Crippen LogP) is -14.0. The standard InChI is InChI=1S/3C5H5.4C3H8N.8ClH.3V/c3*1-2-4-5-3-1;4*1-3(2)4;;;;;;;;;;;/h3*1-3H,4H2;4*3-4H,1-2H3;8*1H;;;/q;;;4*-1;;;;;;;;;3*+4/p-8. The summed E-state index contributed by atoms with van der Waals surface area (Å²) in [5.41, 5.74) is 26.3. The van der Waals surface area contributed by atoms with E-state index in [2.05, 4.69) is 107 Å². The molecule has 15 heteroatoms. The van der Waals surface area contributed by atoms with Crippen LogP contribution in [0.4, 0.5) is 0 Å². The van der Waals surface area contributed by atoms with Crippen molar-refractivity contribution in [2.24, 2.45) is 0 Å². The summed E-state index contributed by atoms with van der Waals surface area (Å²) in [7, 11) is 0. The molecule has 0 aromatic rings. The minimum atomic E-state index is 0. The van der Waals surface area contributed by atoms with E-state index in [4.69, 9.17) is 22.9 Å². The average Bonchev–Trinajstić information content (AvgIpc) is 3.39. The van der Waals surface area contributed by atoms with Crippen LogP contribution in [-0.2, 0) is 52.3 Å². The molecule has 0 aromatic carbocycles. The van der Waals surface area contributed by atoms with E-state index in [0.29, 0.717) is 0 Å². The number of hydrogen-bond donors (Lipinski definition) is 0. The minimum absolute atomic E-state index is 0. The van der Waals surface area contributed by atoms with E-state index in [1.807, 2.05) is 55.4 Å². The molecule has 0 amide bonds. The fourth-order valence-electron chi connectivity index (χ4n) is 1.31. The third-order valence-corrected chi connectivity index (χ3v) is 3.81. The molecule has 0 heterocycles. The summed E-state index contributed by atoms with van der Waals surface area (Å²) >= 11 is 7.61.